The Labute approximate surface area is 91.5 Å². The third kappa shape index (κ3) is 3.80. The number of carbonyl (C=O) groups excluding carboxylic acids is 1. The maximum Gasteiger partial charge on any atom is 0.223 e. The van der Waals surface area contributed by atoms with Crippen molar-refractivity contribution in [2.24, 2.45) is 11.7 Å². The van der Waals surface area contributed by atoms with E-state index in [1.54, 1.807) is 7.11 Å². The Morgan fingerprint density at radius 2 is 2.20 bits per heavy atom. The summed E-state index contributed by atoms with van der Waals surface area (Å²) in [6.45, 7) is 4.45. The minimum Gasteiger partial charge on any atom is -0.377 e. The molecule has 88 valence electrons. The molecule has 4 heteroatoms. The number of rotatable bonds is 4. The van der Waals surface area contributed by atoms with Crippen LogP contribution < -0.4 is 11.1 Å². The lowest BCUT2D eigenvalue weighted by molar-refractivity contribution is -0.126. The van der Waals surface area contributed by atoms with Crippen molar-refractivity contribution in [2.45, 2.75) is 44.8 Å². The second-order valence-corrected chi connectivity index (χ2v) is 4.95. The van der Waals surface area contributed by atoms with Gasteiger partial charge in [0.15, 0.2) is 0 Å². The molecule has 0 aromatic rings. The number of nitrogens with one attached hydrogen (secondary N) is 1. The van der Waals surface area contributed by atoms with Gasteiger partial charge in [0.1, 0.15) is 0 Å². The number of carbonyl (C=O) groups is 1. The normalized spacial score (nSPS) is 26.7. The SMILES string of the molecule is COC(C)(C)CNC(=O)C1CCC(N)C1. The van der Waals surface area contributed by atoms with E-state index in [0.717, 1.165) is 19.3 Å². The maximum atomic E-state index is 11.7. The fraction of sp³-hybridized carbons (Fsp3) is 0.909. The first-order valence-electron chi connectivity index (χ1n) is 5.53. The molecule has 0 bridgehead atoms. The summed E-state index contributed by atoms with van der Waals surface area (Å²) in [6, 6.07) is 0.205. The first kappa shape index (κ1) is 12.5. The van der Waals surface area contributed by atoms with Crippen LogP contribution in [0.25, 0.3) is 0 Å². The largest absolute Gasteiger partial charge is 0.377 e. The molecule has 0 aromatic heterocycles. The van der Waals surface area contributed by atoms with Crippen LogP contribution in [0.3, 0.4) is 0 Å². The molecular weight excluding hydrogens is 192 g/mol. The summed E-state index contributed by atoms with van der Waals surface area (Å²) >= 11 is 0. The van der Waals surface area contributed by atoms with Gasteiger partial charge in [0, 0.05) is 25.6 Å². The van der Waals surface area contributed by atoms with Crippen LogP contribution in [-0.2, 0) is 9.53 Å². The van der Waals surface area contributed by atoms with E-state index in [9.17, 15) is 4.79 Å². The minimum absolute atomic E-state index is 0.104. The molecule has 1 saturated carbocycles. The summed E-state index contributed by atoms with van der Waals surface area (Å²) in [5, 5.41) is 2.92. The second-order valence-electron chi connectivity index (χ2n) is 4.95. The first-order valence-corrected chi connectivity index (χ1v) is 5.53. The Hall–Kier alpha value is -0.610. The highest BCUT2D eigenvalue weighted by atomic mass is 16.5. The van der Waals surface area contributed by atoms with Crippen LogP contribution in [0.1, 0.15) is 33.1 Å². The molecule has 1 aliphatic rings. The van der Waals surface area contributed by atoms with Gasteiger partial charge in [-0.25, -0.2) is 0 Å². The summed E-state index contributed by atoms with van der Waals surface area (Å²) in [4.78, 5) is 11.7. The predicted octanol–water partition coefficient (Wildman–Crippen LogP) is 0.655. The molecule has 0 radical (unpaired) electrons. The number of amides is 1. The maximum absolute atomic E-state index is 11.7. The number of hydrogen-bond donors (Lipinski definition) is 2. The topological polar surface area (TPSA) is 64.3 Å². The zero-order valence-electron chi connectivity index (χ0n) is 9.88. The van der Waals surface area contributed by atoms with Gasteiger partial charge in [-0.05, 0) is 33.1 Å². The molecule has 0 aromatic carbocycles. The molecule has 1 rings (SSSR count). The smallest absolute Gasteiger partial charge is 0.223 e. The molecule has 15 heavy (non-hydrogen) atoms. The van der Waals surface area contributed by atoms with Crippen molar-refractivity contribution < 1.29 is 9.53 Å². The van der Waals surface area contributed by atoms with Gasteiger partial charge in [0.25, 0.3) is 0 Å². The van der Waals surface area contributed by atoms with Gasteiger partial charge >= 0.3 is 0 Å². The van der Waals surface area contributed by atoms with Crippen LogP contribution in [-0.4, -0.2) is 31.2 Å². The van der Waals surface area contributed by atoms with E-state index in [2.05, 4.69) is 5.32 Å². The molecule has 1 amide bonds. The lowest BCUT2D eigenvalue weighted by Gasteiger charge is -2.24. The molecule has 0 spiro atoms. The third-order valence-electron chi connectivity index (χ3n) is 3.08. The first-order chi connectivity index (χ1) is 6.94. The van der Waals surface area contributed by atoms with Gasteiger partial charge in [0.2, 0.25) is 5.91 Å². The molecular formula is C11H22N2O2. The average Bonchev–Trinajstić information content (AvgIpc) is 2.61. The zero-order chi connectivity index (χ0) is 11.5. The summed E-state index contributed by atoms with van der Waals surface area (Å²) < 4.78 is 5.23. The van der Waals surface area contributed by atoms with Crippen LogP contribution in [0.5, 0.6) is 0 Å². The molecule has 2 atom stereocenters. The van der Waals surface area contributed by atoms with Gasteiger partial charge in [0.05, 0.1) is 5.60 Å². The third-order valence-corrected chi connectivity index (χ3v) is 3.08. The van der Waals surface area contributed by atoms with E-state index in [0.29, 0.717) is 6.54 Å². The highest BCUT2D eigenvalue weighted by Gasteiger charge is 2.28. The molecule has 0 heterocycles. The van der Waals surface area contributed by atoms with Gasteiger partial charge < -0.3 is 15.8 Å². The summed E-state index contributed by atoms with van der Waals surface area (Å²) in [7, 11) is 1.65. The van der Waals surface area contributed by atoms with Crippen molar-refractivity contribution in [3.05, 3.63) is 0 Å². The summed E-state index contributed by atoms with van der Waals surface area (Å²) in [5.41, 5.74) is 5.47. The highest BCUT2D eigenvalue weighted by molar-refractivity contribution is 5.79. The quantitative estimate of drug-likeness (QED) is 0.722. The number of methoxy groups -OCH3 is 1. The van der Waals surface area contributed by atoms with Gasteiger partial charge in [-0.2, -0.15) is 0 Å². The second kappa shape index (κ2) is 4.94. The highest BCUT2D eigenvalue weighted by Crippen LogP contribution is 2.24. The van der Waals surface area contributed by atoms with Crippen molar-refractivity contribution in [3.8, 4) is 0 Å². The van der Waals surface area contributed by atoms with E-state index in [4.69, 9.17) is 10.5 Å². The van der Waals surface area contributed by atoms with E-state index in [1.807, 2.05) is 13.8 Å². The predicted molar refractivity (Wildman–Crippen MR) is 59.4 cm³/mol. The van der Waals surface area contributed by atoms with Crippen LogP contribution in [0, 0.1) is 5.92 Å². The Kier molecular flexibility index (Phi) is 4.11. The van der Waals surface area contributed by atoms with Crippen molar-refractivity contribution in [1.29, 1.82) is 0 Å². The molecule has 1 fully saturated rings. The standard InChI is InChI=1S/C11H22N2O2/c1-11(2,15-3)7-13-10(14)8-4-5-9(12)6-8/h8-9H,4-7,12H2,1-3H3,(H,13,14). The molecule has 0 aliphatic heterocycles. The Bertz CT molecular complexity index is 229. The van der Waals surface area contributed by atoms with Crippen molar-refractivity contribution in [1.82, 2.24) is 5.32 Å². The summed E-state index contributed by atoms with van der Waals surface area (Å²) in [5.74, 6) is 0.223. The van der Waals surface area contributed by atoms with E-state index < -0.39 is 0 Å². The van der Waals surface area contributed by atoms with Crippen LogP contribution in [0.4, 0.5) is 0 Å². The monoisotopic (exact) mass is 214 g/mol. The van der Waals surface area contributed by atoms with Crippen molar-refractivity contribution in [3.63, 3.8) is 0 Å². The molecule has 4 nitrogen and oxygen atoms in total. The summed E-state index contributed by atoms with van der Waals surface area (Å²) in [6.07, 6.45) is 2.70. The number of hydrogen-bond acceptors (Lipinski definition) is 3. The van der Waals surface area contributed by atoms with E-state index in [1.165, 1.54) is 0 Å². The number of ether oxygens (including phenoxy) is 1. The molecule has 2 unspecified atom stereocenters. The van der Waals surface area contributed by atoms with Crippen LogP contribution >= 0.6 is 0 Å². The van der Waals surface area contributed by atoms with Gasteiger partial charge in [-0.15, -0.1) is 0 Å². The van der Waals surface area contributed by atoms with E-state index in [-0.39, 0.29) is 23.5 Å². The Balaban J connectivity index is 2.30. The fourth-order valence-corrected chi connectivity index (χ4v) is 1.77. The van der Waals surface area contributed by atoms with Crippen molar-refractivity contribution >= 4 is 5.91 Å². The van der Waals surface area contributed by atoms with Crippen molar-refractivity contribution in [2.75, 3.05) is 13.7 Å². The van der Waals surface area contributed by atoms with Crippen LogP contribution in [0.15, 0.2) is 0 Å². The molecule has 3 N–H and O–H groups in total. The van der Waals surface area contributed by atoms with Gasteiger partial charge in [-0.3, -0.25) is 4.79 Å². The average molecular weight is 214 g/mol. The lowest BCUT2D eigenvalue weighted by Crippen LogP contribution is -2.41. The number of nitrogens with two attached hydrogens (primary N) is 1. The fourth-order valence-electron chi connectivity index (χ4n) is 1.77. The Morgan fingerprint density at radius 1 is 1.53 bits per heavy atom. The Morgan fingerprint density at radius 3 is 2.67 bits per heavy atom. The molecule has 0 saturated heterocycles. The van der Waals surface area contributed by atoms with E-state index >= 15 is 0 Å². The van der Waals surface area contributed by atoms with Crippen LogP contribution in [0.2, 0.25) is 0 Å². The molecule has 1 aliphatic carbocycles. The van der Waals surface area contributed by atoms with Gasteiger partial charge in [-0.1, -0.05) is 0 Å². The lowest BCUT2D eigenvalue weighted by atomic mass is 10.1. The minimum atomic E-state index is -0.295. The zero-order valence-corrected chi connectivity index (χ0v) is 9.88.